The summed E-state index contributed by atoms with van der Waals surface area (Å²) in [6.45, 7) is 2.04. The van der Waals surface area contributed by atoms with Gasteiger partial charge in [0.1, 0.15) is 11.9 Å². The third kappa shape index (κ3) is 1.83. The lowest BCUT2D eigenvalue weighted by Gasteiger charge is -1.99. The first kappa shape index (κ1) is 9.69. The molecule has 0 saturated heterocycles. The molecule has 2 aromatic heterocycles. The number of aryl methyl sites for hydroxylation is 1. The summed E-state index contributed by atoms with van der Waals surface area (Å²) >= 11 is 1.66. The number of aromatic nitrogens is 1. The first-order valence-electron chi connectivity index (χ1n) is 4.44. The van der Waals surface area contributed by atoms with Crippen molar-refractivity contribution in [3.8, 4) is 16.6 Å². The number of thiophene rings is 1. The lowest BCUT2D eigenvalue weighted by atomic mass is 10.2. The molecule has 0 amide bonds. The average Bonchev–Trinajstić information content (AvgIpc) is 2.65. The number of nitrogens with zero attached hydrogens (tertiary/aromatic N) is 2. The Hall–Kier alpha value is -1.86. The molecular formula is C11H9N3S. The van der Waals surface area contributed by atoms with Crippen LogP contribution in [0.3, 0.4) is 0 Å². The molecule has 0 radical (unpaired) electrons. The van der Waals surface area contributed by atoms with Crippen molar-refractivity contribution in [3.63, 3.8) is 0 Å². The molecule has 74 valence electrons. The van der Waals surface area contributed by atoms with Crippen LogP contribution >= 0.6 is 11.3 Å². The minimum atomic E-state index is 0.293. The van der Waals surface area contributed by atoms with Crippen LogP contribution in [0, 0.1) is 18.3 Å². The van der Waals surface area contributed by atoms with Gasteiger partial charge in [-0.25, -0.2) is 4.98 Å². The largest absolute Gasteiger partial charge is 0.383 e. The maximum Gasteiger partial charge on any atom is 0.142 e. The van der Waals surface area contributed by atoms with Crippen LogP contribution in [0.25, 0.3) is 10.6 Å². The van der Waals surface area contributed by atoms with Crippen molar-refractivity contribution in [3.05, 3.63) is 34.7 Å². The molecule has 2 N–H and O–H groups in total. The molecule has 15 heavy (non-hydrogen) atoms. The van der Waals surface area contributed by atoms with Crippen LogP contribution in [-0.4, -0.2) is 4.98 Å². The summed E-state index contributed by atoms with van der Waals surface area (Å²) in [5, 5.41) is 8.72. The Morgan fingerprint density at radius 1 is 1.33 bits per heavy atom. The maximum atomic E-state index is 8.72. The molecule has 0 saturated carbocycles. The summed E-state index contributed by atoms with van der Waals surface area (Å²) in [6.07, 6.45) is 0. The molecule has 0 aliphatic rings. The zero-order chi connectivity index (χ0) is 10.8. The Morgan fingerprint density at radius 3 is 2.67 bits per heavy atom. The van der Waals surface area contributed by atoms with E-state index in [0.29, 0.717) is 11.4 Å². The van der Waals surface area contributed by atoms with Gasteiger partial charge in [-0.2, -0.15) is 5.26 Å². The van der Waals surface area contributed by atoms with Gasteiger partial charge >= 0.3 is 0 Å². The molecule has 0 aliphatic heterocycles. The average molecular weight is 215 g/mol. The highest BCUT2D eigenvalue weighted by Gasteiger charge is 2.05. The third-order valence-corrected chi connectivity index (χ3v) is 3.06. The molecule has 0 spiro atoms. The molecule has 0 atom stereocenters. The van der Waals surface area contributed by atoms with Crippen molar-refractivity contribution in [1.29, 1.82) is 5.26 Å². The first-order chi connectivity index (χ1) is 7.20. The number of nitriles is 1. The van der Waals surface area contributed by atoms with Crippen LogP contribution in [0.4, 0.5) is 5.82 Å². The lowest BCUT2D eigenvalue weighted by molar-refractivity contribution is 1.32. The zero-order valence-electron chi connectivity index (χ0n) is 8.19. The molecule has 3 nitrogen and oxygen atoms in total. The molecule has 2 heterocycles. The highest BCUT2D eigenvalue weighted by Crippen LogP contribution is 2.27. The van der Waals surface area contributed by atoms with Crippen molar-refractivity contribution in [2.75, 3.05) is 5.73 Å². The fraction of sp³-hybridized carbons (Fsp3) is 0.0909. The van der Waals surface area contributed by atoms with Crippen LogP contribution in [-0.2, 0) is 0 Å². The maximum absolute atomic E-state index is 8.72. The fourth-order valence-electron chi connectivity index (χ4n) is 1.28. The van der Waals surface area contributed by atoms with Gasteiger partial charge in [0, 0.05) is 4.88 Å². The number of hydrogen-bond donors (Lipinski definition) is 1. The second-order valence-electron chi connectivity index (χ2n) is 3.15. The zero-order valence-corrected chi connectivity index (χ0v) is 9.01. The van der Waals surface area contributed by atoms with Gasteiger partial charge < -0.3 is 5.73 Å². The number of hydrogen-bond acceptors (Lipinski definition) is 4. The van der Waals surface area contributed by atoms with Gasteiger partial charge in [-0.05, 0) is 31.2 Å². The molecule has 0 fully saturated rings. The van der Waals surface area contributed by atoms with Crippen LogP contribution in [0.5, 0.6) is 0 Å². The molecule has 0 bridgehead atoms. The normalized spacial score (nSPS) is 9.87. The topological polar surface area (TPSA) is 62.7 Å². The molecular weight excluding hydrogens is 206 g/mol. The summed E-state index contributed by atoms with van der Waals surface area (Å²) in [5.41, 5.74) is 6.89. The quantitative estimate of drug-likeness (QED) is 0.795. The minimum absolute atomic E-state index is 0.293. The Labute approximate surface area is 91.8 Å². The van der Waals surface area contributed by atoms with Gasteiger partial charge in [0.25, 0.3) is 0 Å². The van der Waals surface area contributed by atoms with Crippen LogP contribution in [0.15, 0.2) is 24.3 Å². The number of anilines is 1. The van der Waals surface area contributed by atoms with E-state index in [4.69, 9.17) is 11.0 Å². The summed E-state index contributed by atoms with van der Waals surface area (Å²) < 4.78 is 0. The third-order valence-electron chi connectivity index (χ3n) is 2.04. The van der Waals surface area contributed by atoms with Gasteiger partial charge in [-0.15, -0.1) is 11.3 Å². The van der Waals surface area contributed by atoms with Crippen LogP contribution in [0.1, 0.15) is 10.4 Å². The smallest absolute Gasteiger partial charge is 0.142 e. The van der Waals surface area contributed by atoms with E-state index in [1.165, 1.54) is 4.88 Å². The van der Waals surface area contributed by atoms with E-state index in [1.54, 1.807) is 17.4 Å². The van der Waals surface area contributed by atoms with Crippen molar-refractivity contribution < 1.29 is 0 Å². The highest BCUT2D eigenvalue weighted by molar-refractivity contribution is 7.15. The number of nitrogens with two attached hydrogens (primary N) is 1. The second kappa shape index (κ2) is 3.71. The van der Waals surface area contributed by atoms with Crippen LogP contribution in [0.2, 0.25) is 0 Å². The Balaban J connectivity index is 2.48. The summed E-state index contributed by atoms with van der Waals surface area (Å²) in [5.74, 6) is 0.293. The molecule has 0 aromatic carbocycles. The van der Waals surface area contributed by atoms with E-state index in [2.05, 4.69) is 4.98 Å². The Morgan fingerprint density at radius 2 is 2.13 bits per heavy atom. The number of nitrogen functional groups attached to an aromatic ring is 1. The fourth-order valence-corrected chi connectivity index (χ4v) is 2.12. The van der Waals surface area contributed by atoms with Gasteiger partial charge in [-0.1, -0.05) is 0 Å². The molecule has 2 aromatic rings. The predicted molar refractivity (Wildman–Crippen MR) is 61.4 cm³/mol. The monoisotopic (exact) mass is 215 g/mol. The summed E-state index contributed by atoms with van der Waals surface area (Å²) in [4.78, 5) is 6.50. The van der Waals surface area contributed by atoms with Crippen molar-refractivity contribution in [1.82, 2.24) is 4.98 Å². The minimum Gasteiger partial charge on any atom is -0.383 e. The SMILES string of the molecule is Cc1ccc(-c2ccc(C#N)c(N)n2)s1. The van der Waals surface area contributed by atoms with E-state index in [0.717, 1.165) is 10.6 Å². The van der Waals surface area contributed by atoms with Crippen molar-refractivity contribution in [2.24, 2.45) is 0 Å². The lowest BCUT2D eigenvalue weighted by Crippen LogP contribution is -1.95. The summed E-state index contributed by atoms with van der Waals surface area (Å²) in [6, 6.07) is 9.56. The Bertz CT molecular complexity index is 537. The van der Waals surface area contributed by atoms with E-state index in [-0.39, 0.29) is 0 Å². The number of rotatable bonds is 1. The van der Waals surface area contributed by atoms with E-state index in [1.807, 2.05) is 31.2 Å². The molecule has 0 unspecified atom stereocenters. The van der Waals surface area contributed by atoms with Gasteiger partial charge in [-0.3, -0.25) is 0 Å². The van der Waals surface area contributed by atoms with E-state index >= 15 is 0 Å². The second-order valence-corrected chi connectivity index (χ2v) is 4.44. The van der Waals surface area contributed by atoms with Gasteiger partial charge in [0.2, 0.25) is 0 Å². The van der Waals surface area contributed by atoms with Gasteiger partial charge in [0.05, 0.1) is 16.1 Å². The standard InChI is InChI=1S/C11H9N3S/c1-7-2-5-10(15-7)9-4-3-8(6-12)11(13)14-9/h2-5H,1H3,(H2,13,14). The first-order valence-corrected chi connectivity index (χ1v) is 5.26. The van der Waals surface area contributed by atoms with E-state index < -0.39 is 0 Å². The molecule has 4 heteroatoms. The number of pyridine rings is 1. The van der Waals surface area contributed by atoms with Crippen molar-refractivity contribution >= 4 is 17.2 Å². The van der Waals surface area contributed by atoms with Crippen LogP contribution < -0.4 is 5.73 Å². The van der Waals surface area contributed by atoms with E-state index in [9.17, 15) is 0 Å². The Kier molecular flexibility index (Phi) is 2.40. The molecule has 2 rings (SSSR count). The predicted octanol–water partition coefficient (Wildman–Crippen LogP) is 2.57. The molecule has 0 aliphatic carbocycles. The van der Waals surface area contributed by atoms with Crippen molar-refractivity contribution in [2.45, 2.75) is 6.92 Å². The highest BCUT2D eigenvalue weighted by atomic mass is 32.1. The summed E-state index contributed by atoms with van der Waals surface area (Å²) in [7, 11) is 0. The van der Waals surface area contributed by atoms with Gasteiger partial charge in [0.15, 0.2) is 0 Å².